The normalized spacial score (nSPS) is 18.2. The fraction of sp³-hybridized carbons (Fsp3) is 0.577. The largest absolute Gasteiger partial charge is 0.444 e. The predicted molar refractivity (Wildman–Crippen MR) is 126 cm³/mol. The lowest BCUT2D eigenvalue weighted by atomic mass is 9.80. The number of aliphatic imine (C=N–C) groups is 1. The van der Waals surface area contributed by atoms with Crippen molar-refractivity contribution in [1.29, 1.82) is 0 Å². The summed E-state index contributed by atoms with van der Waals surface area (Å²) in [4.78, 5) is 18.3. The molecule has 0 spiro atoms. The van der Waals surface area contributed by atoms with Gasteiger partial charge in [0.1, 0.15) is 5.60 Å². The van der Waals surface area contributed by atoms with E-state index in [1.54, 1.807) is 4.90 Å². The number of likely N-dealkylation sites (tertiary alicyclic amines) is 1. The van der Waals surface area contributed by atoms with E-state index < -0.39 is 5.60 Å². The van der Waals surface area contributed by atoms with Gasteiger partial charge in [0, 0.05) is 43.9 Å². The molecule has 1 aliphatic carbocycles. The first kappa shape index (κ1) is 22.6. The predicted octanol–water partition coefficient (Wildman–Crippen LogP) is 5.85. The van der Waals surface area contributed by atoms with Crippen molar-refractivity contribution in [2.24, 2.45) is 10.9 Å². The topological polar surface area (TPSA) is 67.9 Å². The molecule has 1 aliphatic heterocycles. The number of ether oxygens (including phenoxy) is 1. The summed E-state index contributed by atoms with van der Waals surface area (Å²) in [6, 6.07) is 8.54. The Kier molecular flexibility index (Phi) is 6.68. The van der Waals surface area contributed by atoms with Gasteiger partial charge in [-0.15, -0.1) is 0 Å². The van der Waals surface area contributed by atoms with Crippen LogP contribution in [0.1, 0.15) is 75.6 Å². The van der Waals surface area contributed by atoms with Gasteiger partial charge in [-0.05, 0) is 63.1 Å². The molecule has 2 aliphatic rings. The van der Waals surface area contributed by atoms with Gasteiger partial charge >= 0.3 is 6.09 Å². The fourth-order valence-electron chi connectivity index (χ4n) is 4.51. The van der Waals surface area contributed by atoms with Gasteiger partial charge in [-0.3, -0.25) is 4.99 Å². The molecule has 2 fully saturated rings. The number of aromatic nitrogens is 1. The van der Waals surface area contributed by atoms with Crippen LogP contribution in [0.25, 0.3) is 11.3 Å². The summed E-state index contributed by atoms with van der Waals surface area (Å²) < 4.78 is 11.3. The van der Waals surface area contributed by atoms with E-state index in [4.69, 9.17) is 9.26 Å². The minimum Gasteiger partial charge on any atom is -0.444 e. The zero-order valence-corrected chi connectivity index (χ0v) is 19.8. The number of amides is 1. The molecule has 172 valence electrons. The van der Waals surface area contributed by atoms with Crippen molar-refractivity contribution in [3.63, 3.8) is 0 Å². The molecule has 0 atom stereocenters. The molecule has 1 aromatic carbocycles. The molecular weight excluding hydrogens is 402 g/mol. The van der Waals surface area contributed by atoms with E-state index in [2.05, 4.69) is 34.4 Å². The molecule has 4 rings (SSSR count). The maximum absolute atomic E-state index is 12.3. The number of benzene rings is 1. The standard InChI is InChI=1S/C26H35N3O3/c1-26(2,3)31-25(30)29-12-10-19(11-13-29)23-16-24(32-28-23)20-8-9-21(17-27-4)22(15-20)14-18-6-5-7-18/h8-9,15-19H,5-7,10-14H2,1-4H3. The molecule has 6 nitrogen and oxygen atoms in total. The third kappa shape index (κ3) is 5.40. The molecule has 0 unspecified atom stereocenters. The van der Waals surface area contributed by atoms with Crippen molar-refractivity contribution in [2.45, 2.75) is 70.8 Å². The van der Waals surface area contributed by atoms with Crippen LogP contribution in [0, 0.1) is 5.92 Å². The van der Waals surface area contributed by atoms with Gasteiger partial charge in [0.25, 0.3) is 0 Å². The van der Waals surface area contributed by atoms with Gasteiger partial charge in [0.05, 0.1) is 5.69 Å². The smallest absolute Gasteiger partial charge is 0.410 e. The highest BCUT2D eigenvalue weighted by Crippen LogP contribution is 2.34. The van der Waals surface area contributed by atoms with E-state index in [9.17, 15) is 4.79 Å². The van der Waals surface area contributed by atoms with Crippen LogP contribution in [0.15, 0.2) is 33.8 Å². The third-order valence-electron chi connectivity index (χ3n) is 6.52. The van der Waals surface area contributed by atoms with Gasteiger partial charge < -0.3 is 14.2 Å². The van der Waals surface area contributed by atoms with Crippen molar-refractivity contribution in [3.05, 3.63) is 41.1 Å². The van der Waals surface area contributed by atoms with Crippen LogP contribution >= 0.6 is 0 Å². The second kappa shape index (κ2) is 9.47. The molecule has 1 amide bonds. The zero-order valence-electron chi connectivity index (χ0n) is 19.8. The summed E-state index contributed by atoms with van der Waals surface area (Å²) in [6.45, 7) is 7.05. The summed E-state index contributed by atoms with van der Waals surface area (Å²) >= 11 is 0. The van der Waals surface area contributed by atoms with Crippen molar-refractivity contribution < 1.29 is 14.1 Å². The van der Waals surface area contributed by atoms with Gasteiger partial charge in [-0.25, -0.2) is 4.79 Å². The molecule has 2 aromatic rings. The molecule has 1 saturated heterocycles. The average molecular weight is 438 g/mol. The van der Waals surface area contributed by atoms with E-state index in [1.165, 1.54) is 30.4 Å². The maximum atomic E-state index is 12.3. The Bertz CT molecular complexity index is 961. The fourth-order valence-corrected chi connectivity index (χ4v) is 4.51. The van der Waals surface area contributed by atoms with Crippen LogP contribution in [-0.4, -0.2) is 48.1 Å². The van der Waals surface area contributed by atoms with E-state index >= 15 is 0 Å². The average Bonchev–Trinajstić information content (AvgIpc) is 3.21. The Balaban J connectivity index is 1.43. The molecule has 0 bridgehead atoms. The molecule has 1 saturated carbocycles. The summed E-state index contributed by atoms with van der Waals surface area (Å²) in [5.41, 5.74) is 4.10. The van der Waals surface area contributed by atoms with Crippen LogP contribution in [-0.2, 0) is 11.2 Å². The van der Waals surface area contributed by atoms with Crippen LogP contribution < -0.4 is 0 Å². The first-order valence-corrected chi connectivity index (χ1v) is 11.8. The SMILES string of the molecule is CN=Cc1ccc(-c2cc(C3CCN(C(=O)OC(C)(C)C)CC3)no2)cc1CC1CCC1. The molecule has 2 heterocycles. The van der Waals surface area contributed by atoms with Crippen molar-refractivity contribution in [2.75, 3.05) is 20.1 Å². The molecule has 0 N–H and O–H groups in total. The Labute approximate surface area is 191 Å². The second-order valence-electron chi connectivity index (χ2n) is 10.2. The molecule has 0 radical (unpaired) electrons. The zero-order chi connectivity index (χ0) is 22.7. The summed E-state index contributed by atoms with van der Waals surface area (Å²) in [5, 5.41) is 4.39. The lowest BCUT2D eigenvalue weighted by Crippen LogP contribution is -2.41. The number of hydrogen-bond acceptors (Lipinski definition) is 5. The number of hydrogen-bond donors (Lipinski definition) is 0. The summed E-state index contributed by atoms with van der Waals surface area (Å²) in [6.07, 6.45) is 8.53. The van der Waals surface area contributed by atoms with Crippen molar-refractivity contribution in [3.8, 4) is 11.3 Å². The Morgan fingerprint density at radius 1 is 1.22 bits per heavy atom. The first-order chi connectivity index (χ1) is 15.3. The van der Waals surface area contributed by atoms with Crippen LogP contribution in [0.4, 0.5) is 4.79 Å². The van der Waals surface area contributed by atoms with Gasteiger partial charge in [0.15, 0.2) is 5.76 Å². The Morgan fingerprint density at radius 3 is 2.59 bits per heavy atom. The number of nitrogens with zero attached hydrogens (tertiary/aromatic N) is 3. The van der Waals surface area contributed by atoms with Gasteiger partial charge in [-0.2, -0.15) is 0 Å². The van der Waals surface area contributed by atoms with Crippen molar-refractivity contribution in [1.82, 2.24) is 10.1 Å². The molecule has 1 aromatic heterocycles. The highest BCUT2D eigenvalue weighted by atomic mass is 16.6. The lowest BCUT2D eigenvalue weighted by molar-refractivity contribution is 0.0203. The lowest BCUT2D eigenvalue weighted by Gasteiger charge is -2.32. The van der Waals surface area contributed by atoms with Gasteiger partial charge in [0.2, 0.25) is 0 Å². The quantitative estimate of drug-likeness (QED) is 0.551. The summed E-state index contributed by atoms with van der Waals surface area (Å²) in [5.74, 6) is 1.89. The maximum Gasteiger partial charge on any atom is 0.410 e. The van der Waals surface area contributed by atoms with Crippen LogP contribution in [0.3, 0.4) is 0 Å². The summed E-state index contributed by atoms with van der Waals surface area (Å²) in [7, 11) is 1.82. The highest BCUT2D eigenvalue weighted by Gasteiger charge is 2.29. The minimum atomic E-state index is -0.467. The van der Waals surface area contributed by atoms with E-state index in [0.29, 0.717) is 19.0 Å². The Morgan fingerprint density at radius 2 is 1.97 bits per heavy atom. The number of carbonyl (C=O) groups is 1. The van der Waals surface area contributed by atoms with Crippen molar-refractivity contribution >= 4 is 12.3 Å². The molecular formula is C26H35N3O3. The number of piperidine rings is 1. The van der Waals surface area contributed by atoms with E-state index in [-0.39, 0.29) is 6.09 Å². The minimum absolute atomic E-state index is 0.230. The van der Waals surface area contributed by atoms with Gasteiger partial charge in [-0.1, -0.05) is 36.6 Å². The molecule has 6 heteroatoms. The first-order valence-electron chi connectivity index (χ1n) is 11.8. The Hall–Kier alpha value is -2.63. The highest BCUT2D eigenvalue weighted by molar-refractivity contribution is 5.83. The molecule has 32 heavy (non-hydrogen) atoms. The second-order valence-corrected chi connectivity index (χ2v) is 10.2. The third-order valence-corrected chi connectivity index (χ3v) is 6.52. The number of carbonyl (C=O) groups excluding carboxylic acids is 1. The van der Waals surface area contributed by atoms with Crippen LogP contribution in [0.5, 0.6) is 0 Å². The van der Waals surface area contributed by atoms with Crippen LogP contribution in [0.2, 0.25) is 0 Å². The van der Waals surface area contributed by atoms with E-state index in [1.807, 2.05) is 34.0 Å². The number of rotatable bonds is 5. The van der Waals surface area contributed by atoms with E-state index in [0.717, 1.165) is 42.2 Å². The monoisotopic (exact) mass is 437 g/mol.